The SMILES string of the molecule is N#Cc1ncccc1CN1C(=O)c2ccc(N)cc2C1=O. The number of anilines is 1. The molecular formula is C15H10N4O2. The standard InChI is InChI=1S/C15H10N4O2/c16-7-13-9(2-1-5-18-13)8-19-14(20)11-4-3-10(17)6-12(11)15(19)21/h1-6H,8,17H2. The van der Waals surface area contributed by atoms with Crippen molar-refractivity contribution in [2.24, 2.45) is 0 Å². The maximum atomic E-state index is 12.3. The van der Waals surface area contributed by atoms with Crippen molar-refractivity contribution in [2.75, 3.05) is 5.73 Å². The van der Waals surface area contributed by atoms with E-state index in [2.05, 4.69) is 4.98 Å². The molecule has 0 aliphatic carbocycles. The quantitative estimate of drug-likeness (QED) is 0.659. The van der Waals surface area contributed by atoms with Crippen LogP contribution < -0.4 is 5.73 Å². The number of nitriles is 1. The van der Waals surface area contributed by atoms with Gasteiger partial charge in [0.25, 0.3) is 11.8 Å². The van der Waals surface area contributed by atoms with Crippen LogP contribution in [0.2, 0.25) is 0 Å². The number of hydrogen-bond donors (Lipinski definition) is 1. The molecule has 2 amide bonds. The van der Waals surface area contributed by atoms with E-state index < -0.39 is 5.91 Å². The second-order valence-electron chi connectivity index (χ2n) is 4.62. The highest BCUT2D eigenvalue weighted by Crippen LogP contribution is 2.26. The van der Waals surface area contributed by atoms with Crippen molar-refractivity contribution < 1.29 is 9.59 Å². The largest absolute Gasteiger partial charge is 0.399 e. The maximum Gasteiger partial charge on any atom is 0.261 e. The first-order valence-corrected chi connectivity index (χ1v) is 6.21. The topological polar surface area (TPSA) is 100 Å². The van der Waals surface area contributed by atoms with E-state index in [9.17, 15) is 9.59 Å². The number of benzene rings is 1. The minimum absolute atomic E-state index is 0.0168. The summed E-state index contributed by atoms with van der Waals surface area (Å²) in [5.74, 6) is -0.794. The zero-order chi connectivity index (χ0) is 15.0. The van der Waals surface area contributed by atoms with Crippen LogP contribution >= 0.6 is 0 Å². The summed E-state index contributed by atoms with van der Waals surface area (Å²) in [5, 5.41) is 9.02. The lowest BCUT2D eigenvalue weighted by atomic mass is 10.1. The van der Waals surface area contributed by atoms with Gasteiger partial charge in [-0.3, -0.25) is 14.5 Å². The lowest BCUT2D eigenvalue weighted by molar-refractivity contribution is 0.0642. The smallest absolute Gasteiger partial charge is 0.261 e. The Morgan fingerprint density at radius 2 is 1.95 bits per heavy atom. The van der Waals surface area contributed by atoms with Crippen molar-refractivity contribution in [1.29, 1.82) is 5.26 Å². The molecule has 6 nitrogen and oxygen atoms in total. The number of aromatic nitrogens is 1. The normalized spacial score (nSPS) is 13.2. The first-order chi connectivity index (χ1) is 10.1. The second-order valence-corrected chi connectivity index (χ2v) is 4.62. The molecular weight excluding hydrogens is 268 g/mol. The van der Waals surface area contributed by atoms with Crippen molar-refractivity contribution in [2.45, 2.75) is 6.54 Å². The van der Waals surface area contributed by atoms with Gasteiger partial charge >= 0.3 is 0 Å². The molecule has 0 radical (unpaired) electrons. The zero-order valence-corrected chi connectivity index (χ0v) is 10.9. The monoisotopic (exact) mass is 278 g/mol. The number of nitrogen functional groups attached to an aromatic ring is 1. The van der Waals surface area contributed by atoms with Gasteiger partial charge in [0.1, 0.15) is 11.8 Å². The van der Waals surface area contributed by atoms with Gasteiger partial charge in [0.2, 0.25) is 0 Å². The van der Waals surface area contributed by atoms with Gasteiger partial charge in [-0.25, -0.2) is 4.98 Å². The van der Waals surface area contributed by atoms with Gasteiger partial charge in [-0.15, -0.1) is 0 Å². The van der Waals surface area contributed by atoms with Crippen LogP contribution in [0.15, 0.2) is 36.5 Å². The molecule has 0 saturated heterocycles. The summed E-state index contributed by atoms with van der Waals surface area (Å²) >= 11 is 0. The van der Waals surface area contributed by atoms with Crippen LogP contribution in [-0.4, -0.2) is 21.7 Å². The highest BCUT2D eigenvalue weighted by Gasteiger charge is 2.35. The molecule has 3 rings (SSSR count). The van der Waals surface area contributed by atoms with Gasteiger partial charge in [0.15, 0.2) is 0 Å². The molecule has 0 spiro atoms. The highest BCUT2D eigenvalue weighted by molar-refractivity contribution is 6.21. The molecule has 0 unspecified atom stereocenters. The van der Waals surface area contributed by atoms with Gasteiger partial charge in [0, 0.05) is 17.4 Å². The van der Waals surface area contributed by atoms with Crippen molar-refractivity contribution in [3.05, 3.63) is 58.9 Å². The summed E-state index contributed by atoms with van der Waals surface area (Å²) in [5.41, 5.74) is 7.43. The van der Waals surface area contributed by atoms with E-state index in [-0.39, 0.29) is 18.1 Å². The van der Waals surface area contributed by atoms with Crippen LogP contribution in [-0.2, 0) is 6.54 Å². The first kappa shape index (κ1) is 12.8. The Hall–Kier alpha value is -3.20. The first-order valence-electron chi connectivity index (χ1n) is 6.21. The lowest BCUT2D eigenvalue weighted by Crippen LogP contribution is -2.29. The summed E-state index contributed by atoms with van der Waals surface area (Å²) in [6, 6.07) is 9.89. The molecule has 0 bridgehead atoms. The van der Waals surface area contributed by atoms with E-state index in [4.69, 9.17) is 11.0 Å². The molecule has 2 aromatic rings. The number of amides is 2. The predicted molar refractivity (Wildman–Crippen MR) is 74.0 cm³/mol. The number of imide groups is 1. The molecule has 2 heterocycles. The van der Waals surface area contributed by atoms with Crippen LogP contribution in [0, 0.1) is 11.3 Å². The number of carbonyl (C=O) groups excluding carboxylic acids is 2. The summed E-state index contributed by atoms with van der Waals surface area (Å²) in [4.78, 5) is 29.6. The Morgan fingerprint density at radius 1 is 1.19 bits per heavy atom. The number of pyridine rings is 1. The Morgan fingerprint density at radius 3 is 2.71 bits per heavy atom. The van der Waals surface area contributed by atoms with Crippen molar-refractivity contribution in [3.8, 4) is 6.07 Å². The average molecular weight is 278 g/mol. The van der Waals surface area contributed by atoms with E-state index in [1.165, 1.54) is 12.3 Å². The number of rotatable bonds is 2. The maximum absolute atomic E-state index is 12.3. The van der Waals surface area contributed by atoms with Gasteiger partial charge in [-0.1, -0.05) is 6.07 Å². The Kier molecular flexibility index (Phi) is 2.88. The van der Waals surface area contributed by atoms with Crippen molar-refractivity contribution in [1.82, 2.24) is 9.88 Å². The van der Waals surface area contributed by atoms with Crippen LogP contribution in [0.4, 0.5) is 5.69 Å². The zero-order valence-electron chi connectivity index (χ0n) is 10.9. The molecule has 0 fully saturated rings. The molecule has 0 saturated carbocycles. The highest BCUT2D eigenvalue weighted by atomic mass is 16.2. The molecule has 1 aromatic heterocycles. The van der Waals surface area contributed by atoms with Crippen LogP contribution in [0.1, 0.15) is 32.0 Å². The minimum Gasteiger partial charge on any atom is -0.399 e. The van der Waals surface area contributed by atoms with Crippen molar-refractivity contribution in [3.63, 3.8) is 0 Å². The molecule has 2 N–H and O–H groups in total. The Labute approximate surface area is 120 Å². The van der Waals surface area contributed by atoms with E-state index >= 15 is 0 Å². The molecule has 1 aliphatic rings. The van der Waals surface area contributed by atoms with Gasteiger partial charge in [0.05, 0.1) is 17.7 Å². The van der Waals surface area contributed by atoms with Crippen LogP contribution in [0.25, 0.3) is 0 Å². The number of nitrogens with two attached hydrogens (primary N) is 1. The number of fused-ring (bicyclic) bond motifs is 1. The predicted octanol–water partition coefficient (Wildman–Crippen LogP) is 1.33. The third kappa shape index (κ3) is 2.01. The molecule has 1 aromatic carbocycles. The third-order valence-electron chi connectivity index (χ3n) is 3.32. The minimum atomic E-state index is -0.407. The van der Waals surface area contributed by atoms with E-state index in [0.29, 0.717) is 22.4 Å². The third-order valence-corrected chi connectivity index (χ3v) is 3.32. The summed E-state index contributed by atoms with van der Waals surface area (Å²) in [6.07, 6.45) is 1.49. The van der Waals surface area contributed by atoms with E-state index in [0.717, 1.165) is 4.90 Å². The average Bonchev–Trinajstić information content (AvgIpc) is 2.72. The summed E-state index contributed by atoms with van der Waals surface area (Å²) in [6.45, 7) is 0.0168. The number of carbonyl (C=O) groups is 2. The Bertz CT molecular complexity index is 808. The molecule has 21 heavy (non-hydrogen) atoms. The van der Waals surface area contributed by atoms with Crippen LogP contribution in [0.5, 0.6) is 0 Å². The number of hydrogen-bond acceptors (Lipinski definition) is 5. The summed E-state index contributed by atoms with van der Waals surface area (Å²) < 4.78 is 0. The van der Waals surface area contributed by atoms with Crippen LogP contribution in [0.3, 0.4) is 0 Å². The second kappa shape index (κ2) is 4.72. The fourth-order valence-corrected chi connectivity index (χ4v) is 2.29. The van der Waals surface area contributed by atoms with Gasteiger partial charge < -0.3 is 5.73 Å². The summed E-state index contributed by atoms with van der Waals surface area (Å²) in [7, 11) is 0. The lowest BCUT2D eigenvalue weighted by Gasteiger charge is -2.14. The van der Waals surface area contributed by atoms with E-state index in [1.807, 2.05) is 6.07 Å². The molecule has 0 atom stereocenters. The van der Waals surface area contributed by atoms with Gasteiger partial charge in [-0.05, 0) is 24.3 Å². The molecule has 1 aliphatic heterocycles. The number of nitrogens with zero attached hydrogens (tertiary/aromatic N) is 3. The Balaban J connectivity index is 1.97. The van der Waals surface area contributed by atoms with Gasteiger partial charge in [-0.2, -0.15) is 5.26 Å². The fourth-order valence-electron chi connectivity index (χ4n) is 2.29. The van der Waals surface area contributed by atoms with Crippen molar-refractivity contribution >= 4 is 17.5 Å². The fraction of sp³-hybridized carbons (Fsp3) is 0.0667. The molecule has 6 heteroatoms. The molecule has 102 valence electrons. The van der Waals surface area contributed by atoms with E-state index in [1.54, 1.807) is 24.3 Å².